The van der Waals surface area contributed by atoms with Crippen molar-refractivity contribution in [2.24, 2.45) is 0 Å². The summed E-state index contributed by atoms with van der Waals surface area (Å²) in [4.78, 5) is 4.33. The van der Waals surface area contributed by atoms with Gasteiger partial charge in [0.1, 0.15) is 0 Å². The Bertz CT molecular complexity index is 685. The van der Waals surface area contributed by atoms with Crippen molar-refractivity contribution < 1.29 is 20.4 Å². The molecular weight excluding hydrogens is 352 g/mol. The molecule has 0 radical (unpaired) electrons. The standard InChI is InChI=1S/C19H24N2O4S/c22-11-19(12-23,13-24)20-9-14(25)10-21-15-5-1-3-7-17(15)26-18-8-4-2-6-16(18)21/h1-8,14,20,22-25H,9-13H2/t14-/m0/s1. The van der Waals surface area contributed by atoms with Gasteiger partial charge in [-0.2, -0.15) is 0 Å². The average molecular weight is 376 g/mol. The third-order valence-corrected chi connectivity index (χ3v) is 5.68. The van der Waals surface area contributed by atoms with Crippen molar-refractivity contribution >= 4 is 23.1 Å². The Morgan fingerprint density at radius 3 is 1.88 bits per heavy atom. The highest BCUT2D eigenvalue weighted by Crippen LogP contribution is 2.47. The molecule has 1 aliphatic rings. The molecule has 1 atom stereocenters. The number of β-amino-alcohol motifs (C(OH)–C–C–N with tert-alkyl or cyclic N) is 1. The number of aliphatic hydroxyl groups is 4. The van der Waals surface area contributed by atoms with Gasteiger partial charge in [0, 0.05) is 16.3 Å². The number of fused-ring (bicyclic) bond motifs is 2. The molecule has 6 nitrogen and oxygen atoms in total. The number of rotatable bonds is 8. The summed E-state index contributed by atoms with van der Waals surface area (Å²) >= 11 is 1.70. The van der Waals surface area contributed by atoms with E-state index < -0.39 is 31.5 Å². The second kappa shape index (κ2) is 8.39. The molecule has 140 valence electrons. The van der Waals surface area contributed by atoms with Gasteiger partial charge in [0.25, 0.3) is 0 Å². The first-order chi connectivity index (χ1) is 12.6. The Hall–Kier alpha value is -1.61. The van der Waals surface area contributed by atoms with Crippen LogP contribution < -0.4 is 10.2 Å². The number of aliphatic hydroxyl groups excluding tert-OH is 4. The second-order valence-corrected chi connectivity index (χ2v) is 7.52. The maximum absolute atomic E-state index is 10.5. The molecule has 0 saturated carbocycles. The fourth-order valence-electron chi connectivity index (χ4n) is 2.91. The lowest BCUT2D eigenvalue weighted by molar-refractivity contribution is 0.0332. The lowest BCUT2D eigenvalue weighted by Gasteiger charge is -2.35. The Balaban J connectivity index is 1.77. The summed E-state index contributed by atoms with van der Waals surface area (Å²) in [5.74, 6) is 0. The highest BCUT2D eigenvalue weighted by atomic mass is 32.2. The van der Waals surface area contributed by atoms with Gasteiger partial charge in [0.2, 0.25) is 0 Å². The van der Waals surface area contributed by atoms with E-state index in [-0.39, 0.29) is 6.54 Å². The number of hydrogen-bond donors (Lipinski definition) is 5. The molecule has 0 aliphatic carbocycles. The van der Waals surface area contributed by atoms with Gasteiger partial charge in [-0.05, 0) is 24.3 Å². The summed E-state index contributed by atoms with van der Waals surface area (Å²) in [5, 5.41) is 41.6. The van der Waals surface area contributed by atoms with Crippen LogP contribution in [0.2, 0.25) is 0 Å². The van der Waals surface area contributed by atoms with Crippen molar-refractivity contribution in [3.05, 3.63) is 48.5 Å². The van der Waals surface area contributed by atoms with E-state index in [1.807, 2.05) is 36.4 Å². The zero-order chi connectivity index (χ0) is 18.6. The van der Waals surface area contributed by atoms with Crippen LogP contribution in [0.25, 0.3) is 0 Å². The third kappa shape index (κ3) is 3.88. The number of hydrogen-bond acceptors (Lipinski definition) is 7. The minimum absolute atomic E-state index is 0.135. The Kier molecular flexibility index (Phi) is 6.18. The number of nitrogens with one attached hydrogen (secondary N) is 1. The molecular formula is C19H24N2O4S. The van der Waals surface area contributed by atoms with Gasteiger partial charge in [-0.3, -0.25) is 0 Å². The van der Waals surface area contributed by atoms with Crippen LogP contribution in [-0.2, 0) is 0 Å². The molecule has 1 heterocycles. The highest BCUT2D eigenvalue weighted by Gasteiger charge is 2.29. The van der Waals surface area contributed by atoms with Crippen LogP contribution in [0, 0.1) is 0 Å². The van der Waals surface area contributed by atoms with Crippen LogP contribution in [0.3, 0.4) is 0 Å². The largest absolute Gasteiger partial charge is 0.394 e. The van der Waals surface area contributed by atoms with E-state index in [1.165, 1.54) is 0 Å². The van der Waals surface area contributed by atoms with Crippen LogP contribution in [0.15, 0.2) is 58.3 Å². The molecule has 0 bridgehead atoms. The first-order valence-corrected chi connectivity index (χ1v) is 9.33. The molecule has 2 aromatic carbocycles. The van der Waals surface area contributed by atoms with Crippen molar-refractivity contribution in [2.75, 3.05) is 37.8 Å². The molecule has 3 rings (SSSR count). The van der Waals surface area contributed by atoms with E-state index in [2.05, 4.69) is 22.3 Å². The zero-order valence-corrected chi connectivity index (χ0v) is 15.2. The lowest BCUT2D eigenvalue weighted by atomic mass is 10.0. The molecule has 0 amide bonds. The lowest BCUT2D eigenvalue weighted by Crippen LogP contribution is -2.57. The molecule has 0 fully saturated rings. The summed E-state index contributed by atoms with van der Waals surface area (Å²) in [6.07, 6.45) is -0.761. The van der Waals surface area contributed by atoms with Crippen LogP contribution in [-0.4, -0.2) is 65.0 Å². The topological polar surface area (TPSA) is 96.2 Å². The Morgan fingerprint density at radius 2 is 1.38 bits per heavy atom. The minimum Gasteiger partial charge on any atom is -0.394 e. The third-order valence-electron chi connectivity index (χ3n) is 4.55. The van der Waals surface area contributed by atoms with Crippen molar-refractivity contribution in [1.82, 2.24) is 5.32 Å². The van der Waals surface area contributed by atoms with E-state index in [0.29, 0.717) is 6.54 Å². The summed E-state index contributed by atoms with van der Waals surface area (Å²) in [6, 6.07) is 16.1. The van der Waals surface area contributed by atoms with Gasteiger partial charge in [0.05, 0.1) is 49.4 Å². The molecule has 1 aliphatic heterocycles. The SMILES string of the molecule is OCC(CO)(CO)NC[C@H](O)CN1c2ccccc2Sc2ccccc21. The molecule has 0 saturated heterocycles. The van der Waals surface area contributed by atoms with Gasteiger partial charge in [-0.1, -0.05) is 36.0 Å². The van der Waals surface area contributed by atoms with E-state index in [9.17, 15) is 20.4 Å². The number of benzene rings is 2. The van der Waals surface area contributed by atoms with Crippen LogP contribution in [0.5, 0.6) is 0 Å². The second-order valence-electron chi connectivity index (χ2n) is 6.44. The van der Waals surface area contributed by atoms with Gasteiger partial charge in [-0.15, -0.1) is 0 Å². The summed E-state index contributed by atoms with van der Waals surface area (Å²) in [5.41, 5.74) is 0.870. The Labute approximate surface area is 157 Å². The van der Waals surface area contributed by atoms with Crippen LogP contribution in [0.4, 0.5) is 11.4 Å². The summed E-state index contributed by atoms with van der Waals surface area (Å²) < 4.78 is 0. The predicted octanol–water partition coefficient (Wildman–Crippen LogP) is 0.956. The van der Waals surface area contributed by atoms with Gasteiger partial charge >= 0.3 is 0 Å². The highest BCUT2D eigenvalue weighted by molar-refractivity contribution is 7.99. The molecule has 26 heavy (non-hydrogen) atoms. The quantitative estimate of drug-likeness (QED) is 0.468. The fraction of sp³-hybridized carbons (Fsp3) is 0.368. The van der Waals surface area contributed by atoms with E-state index in [1.54, 1.807) is 11.8 Å². The first-order valence-electron chi connectivity index (χ1n) is 8.51. The van der Waals surface area contributed by atoms with Crippen molar-refractivity contribution in [1.29, 1.82) is 0 Å². The molecule has 0 spiro atoms. The maximum atomic E-state index is 10.5. The van der Waals surface area contributed by atoms with Gasteiger partial charge in [0.15, 0.2) is 0 Å². The predicted molar refractivity (Wildman–Crippen MR) is 102 cm³/mol. The van der Waals surface area contributed by atoms with Gasteiger partial charge in [-0.25, -0.2) is 0 Å². The van der Waals surface area contributed by atoms with E-state index >= 15 is 0 Å². The number of nitrogens with zero attached hydrogens (tertiary/aromatic N) is 1. The molecule has 0 unspecified atom stereocenters. The zero-order valence-electron chi connectivity index (χ0n) is 14.4. The minimum atomic E-state index is -1.20. The summed E-state index contributed by atoms with van der Waals surface area (Å²) in [6.45, 7) is -0.772. The average Bonchev–Trinajstić information content (AvgIpc) is 2.69. The molecule has 0 aromatic heterocycles. The molecule has 2 aromatic rings. The Morgan fingerprint density at radius 1 is 0.885 bits per heavy atom. The monoisotopic (exact) mass is 376 g/mol. The first kappa shape index (κ1) is 19.2. The van der Waals surface area contributed by atoms with Crippen LogP contribution >= 0.6 is 11.8 Å². The molecule has 7 heteroatoms. The van der Waals surface area contributed by atoms with Crippen molar-refractivity contribution in [3.63, 3.8) is 0 Å². The number of para-hydroxylation sites is 2. The summed E-state index contributed by atoms with van der Waals surface area (Å²) in [7, 11) is 0. The van der Waals surface area contributed by atoms with Gasteiger partial charge < -0.3 is 30.6 Å². The maximum Gasteiger partial charge on any atom is 0.0882 e. The molecule has 5 N–H and O–H groups in total. The van der Waals surface area contributed by atoms with Crippen molar-refractivity contribution in [2.45, 2.75) is 21.4 Å². The van der Waals surface area contributed by atoms with E-state index in [0.717, 1.165) is 21.2 Å². The van der Waals surface area contributed by atoms with E-state index in [4.69, 9.17) is 0 Å². The normalized spacial score (nSPS) is 14.7. The van der Waals surface area contributed by atoms with Crippen molar-refractivity contribution in [3.8, 4) is 0 Å². The smallest absolute Gasteiger partial charge is 0.0882 e. The van der Waals surface area contributed by atoms with Crippen LogP contribution in [0.1, 0.15) is 0 Å². The fourth-order valence-corrected chi connectivity index (χ4v) is 4.00. The number of anilines is 2.